The summed E-state index contributed by atoms with van der Waals surface area (Å²) in [5.74, 6) is 0.818. The molecule has 2 heterocycles. The lowest BCUT2D eigenvalue weighted by Gasteiger charge is -2.15. The van der Waals surface area contributed by atoms with Crippen LogP contribution in [0.25, 0.3) is 0 Å². The summed E-state index contributed by atoms with van der Waals surface area (Å²) in [6.45, 7) is 3.03. The number of carbonyl (C=O) groups is 1. The van der Waals surface area contributed by atoms with E-state index in [1.54, 1.807) is 11.1 Å². The maximum atomic E-state index is 11.6. The molecule has 2 rings (SSSR count). The van der Waals surface area contributed by atoms with Crippen LogP contribution in [-0.4, -0.2) is 24.2 Å². The zero-order chi connectivity index (χ0) is 10.7. The van der Waals surface area contributed by atoms with Crippen LogP contribution in [0.2, 0.25) is 0 Å². The SMILES string of the molecule is CCCOCN1C(=O)Cc2cccnc21. The van der Waals surface area contributed by atoms with Gasteiger partial charge in [0, 0.05) is 18.4 Å². The Labute approximate surface area is 88.9 Å². The van der Waals surface area contributed by atoms with Crippen LogP contribution in [0.4, 0.5) is 5.82 Å². The van der Waals surface area contributed by atoms with Gasteiger partial charge in [-0.15, -0.1) is 0 Å². The Morgan fingerprint density at radius 2 is 2.47 bits per heavy atom. The number of nitrogens with zero attached hydrogens (tertiary/aromatic N) is 2. The summed E-state index contributed by atoms with van der Waals surface area (Å²) in [5, 5.41) is 0. The second-order valence-electron chi connectivity index (χ2n) is 3.52. The Bertz CT molecular complexity index is 365. The molecule has 0 aliphatic carbocycles. The van der Waals surface area contributed by atoms with Gasteiger partial charge in [0.05, 0.1) is 6.42 Å². The van der Waals surface area contributed by atoms with Crippen molar-refractivity contribution in [1.29, 1.82) is 0 Å². The van der Waals surface area contributed by atoms with Crippen LogP contribution in [0.3, 0.4) is 0 Å². The topological polar surface area (TPSA) is 42.4 Å². The highest BCUT2D eigenvalue weighted by Crippen LogP contribution is 2.25. The average Bonchev–Trinajstić information content (AvgIpc) is 2.56. The van der Waals surface area contributed by atoms with Gasteiger partial charge in [-0.05, 0) is 12.5 Å². The van der Waals surface area contributed by atoms with Crippen molar-refractivity contribution in [3.05, 3.63) is 23.9 Å². The standard InChI is InChI=1S/C11H14N2O2/c1-2-6-15-8-13-10(14)7-9-4-3-5-12-11(9)13/h3-5H,2,6-8H2,1H3. The lowest BCUT2D eigenvalue weighted by molar-refractivity contribution is -0.118. The molecule has 0 fully saturated rings. The van der Waals surface area contributed by atoms with E-state index in [2.05, 4.69) is 4.98 Å². The van der Waals surface area contributed by atoms with Crippen molar-refractivity contribution in [2.24, 2.45) is 0 Å². The molecule has 0 aromatic carbocycles. The Hall–Kier alpha value is -1.42. The molecule has 80 valence electrons. The van der Waals surface area contributed by atoms with Crippen molar-refractivity contribution < 1.29 is 9.53 Å². The van der Waals surface area contributed by atoms with E-state index in [1.807, 2.05) is 19.1 Å². The largest absolute Gasteiger partial charge is 0.361 e. The van der Waals surface area contributed by atoms with Crippen molar-refractivity contribution in [1.82, 2.24) is 4.98 Å². The number of hydrogen-bond donors (Lipinski definition) is 0. The minimum atomic E-state index is 0.0693. The van der Waals surface area contributed by atoms with Crippen molar-refractivity contribution in [3.8, 4) is 0 Å². The normalized spacial score (nSPS) is 14.5. The fourth-order valence-corrected chi connectivity index (χ4v) is 1.62. The lowest BCUT2D eigenvalue weighted by Crippen LogP contribution is -2.30. The van der Waals surface area contributed by atoms with Gasteiger partial charge in [-0.3, -0.25) is 9.69 Å². The van der Waals surface area contributed by atoms with Gasteiger partial charge >= 0.3 is 0 Å². The number of anilines is 1. The van der Waals surface area contributed by atoms with Crippen molar-refractivity contribution in [2.45, 2.75) is 19.8 Å². The number of ether oxygens (including phenoxy) is 1. The second-order valence-corrected chi connectivity index (χ2v) is 3.52. The van der Waals surface area contributed by atoms with E-state index in [-0.39, 0.29) is 5.91 Å². The van der Waals surface area contributed by atoms with Crippen LogP contribution in [0, 0.1) is 0 Å². The molecule has 0 unspecified atom stereocenters. The van der Waals surface area contributed by atoms with Crippen LogP contribution in [0.1, 0.15) is 18.9 Å². The predicted molar refractivity (Wildman–Crippen MR) is 56.5 cm³/mol. The first-order valence-electron chi connectivity index (χ1n) is 5.15. The van der Waals surface area contributed by atoms with Crippen molar-refractivity contribution in [3.63, 3.8) is 0 Å². The molecule has 0 bridgehead atoms. The van der Waals surface area contributed by atoms with Gasteiger partial charge in [-0.25, -0.2) is 4.98 Å². The molecule has 0 saturated heterocycles. The highest BCUT2D eigenvalue weighted by atomic mass is 16.5. The van der Waals surface area contributed by atoms with Gasteiger partial charge in [0.15, 0.2) is 0 Å². The summed E-state index contributed by atoms with van der Waals surface area (Å²) in [7, 11) is 0. The van der Waals surface area contributed by atoms with Gasteiger partial charge in [0.2, 0.25) is 5.91 Å². The van der Waals surface area contributed by atoms with E-state index in [9.17, 15) is 4.79 Å². The third-order valence-electron chi connectivity index (χ3n) is 2.33. The Morgan fingerprint density at radius 3 is 3.27 bits per heavy atom. The molecule has 1 aromatic heterocycles. The molecular formula is C11H14N2O2. The van der Waals surface area contributed by atoms with Gasteiger partial charge in [-0.1, -0.05) is 13.0 Å². The first-order valence-corrected chi connectivity index (χ1v) is 5.15. The second kappa shape index (κ2) is 4.40. The maximum absolute atomic E-state index is 11.6. The van der Waals surface area contributed by atoms with E-state index in [4.69, 9.17) is 4.74 Å². The van der Waals surface area contributed by atoms with Crippen LogP contribution in [-0.2, 0) is 16.0 Å². The van der Waals surface area contributed by atoms with Crippen molar-refractivity contribution in [2.75, 3.05) is 18.2 Å². The average molecular weight is 206 g/mol. The van der Waals surface area contributed by atoms with E-state index in [0.29, 0.717) is 19.8 Å². The van der Waals surface area contributed by atoms with Crippen LogP contribution >= 0.6 is 0 Å². The molecule has 4 nitrogen and oxygen atoms in total. The summed E-state index contributed by atoms with van der Waals surface area (Å²) in [5.41, 5.74) is 0.989. The number of fused-ring (bicyclic) bond motifs is 1. The molecule has 0 saturated carbocycles. The summed E-state index contributed by atoms with van der Waals surface area (Å²) in [4.78, 5) is 17.4. The highest BCUT2D eigenvalue weighted by Gasteiger charge is 2.27. The molecule has 0 spiro atoms. The number of hydrogen-bond acceptors (Lipinski definition) is 3. The maximum Gasteiger partial charge on any atom is 0.234 e. The summed E-state index contributed by atoms with van der Waals surface area (Å²) in [6, 6.07) is 3.78. The van der Waals surface area contributed by atoms with Gasteiger partial charge in [-0.2, -0.15) is 0 Å². The molecule has 1 amide bonds. The van der Waals surface area contributed by atoms with E-state index in [1.165, 1.54) is 0 Å². The Kier molecular flexibility index (Phi) is 2.97. The zero-order valence-corrected chi connectivity index (χ0v) is 8.77. The summed E-state index contributed by atoms with van der Waals surface area (Å²) < 4.78 is 5.36. The summed E-state index contributed by atoms with van der Waals surface area (Å²) in [6.07, 6.45) is 3.10. The molecule has 15 heavy (non-hydrogen) atoms. The number of rotatable bonds is 4. The van der Waals surface area contributed by atoms with Gasteiger partial charge < -0.3 is 4.74 Å². The van der Waals surface area contributed by atoms with E-state index < -0.39 is 0 Å². The fourth-order valence-electron chi connectivity index (χ4n) is 1.62. The lowest BCUT2D eigenvalue weighted by atomic mass is 10.2. The van der Waals surface area contributed by atoms with Crippen LogP contribution in [0.5, 0.6) is 0 Å². The fraction of sp³-hybridized carbons (Fsp3) is 0.455. The van der Waals surface area contributed by atoms with E-state index >= 15 is 0 Å². The van der Waals surface area contributed by atoms with Gasteiger partial charge in [0.25, 0.3) is 0 Å². The summed E-state index contributed by atoms with van der Waals surface area (Å²) >= 11 is 0. The first kappa shape index (κ1) is 10.1. The number of aromatic nitrogens is 1. The minimum Gasteiger partial charge on any atom is -0.361 e. The molecule has 4 heteroatoms. The van der Waals surface area contributed by atoms with Crippen molar-refractivity contribution >= 4 is 11.7 Å². The molecule has 1 aromatic rings. The Balaban J connectivity index is 2.08. The third kappa shape index (κ3) is 1.99. The van der Waals surface area contributed by atoms with E-state index in [0.717, 1.165) is 17.8 Å². The zero-order valence-electron chi connectivity index (χ0n) is 8.77. The quantitative estimate of drug-likeness (QED) is 0.698. The molecule has 1 aliphatic rings. The number of amides is 1. The van der Waals surface area contributed by atoms with Crippen LogP contribution < -0.4 is 4.90 Å². The molecule has 0 radical (unpaired) electrons. The monoisotopic (exact) mass is 206 g/mol. The first-order chi connectivity index (χ1) is 7.33. The number of carbonyl (C=O) groups excluding carboxylic acids is 1. The molecule has 1 aliphatic heterocycles. The molecule has 0 atom stereocenters. The Morgan fingerprint density at radius 1 is 1.60 bits per heavy atom. The predicted octanol–water partition coefficient (Wildman–Crippen LogP) is 1.35. The third-order valence-corrected chi connectivity index (χ3v) is 2.33. The minimum absolute atomic E-state index is 0.0693. The molecule has 0 N–H and O–H groups in total. The molecular weight excluding hydrogens is 192 g/mol. The smallest absolute Gasteiger partial charge is 0.234 e. The van der Waals surface area contributed by atoms with Gasteiger partial charge in [0.1, 0.15) is 12.5 Å². The highest BCUT2D eigenvalue weighted by molar-refractivity contribution is 5.99. The van der Waals surface area contributed by atoms with Crippen LogP contribution in [0.15, 0.2) is 18.3 Å². The number of pyridine rings is 1.